The molecule has 28 heavy (non-hydrogen) atoms. The number of carbonyl (C=O) groups excluding carboxylic acids is 1. The van der Waals surface area contributed by atoms with E-state index in [0.29, 0.717) is 16.7 Å². The quantitative estimate of drug-likeness (QED) is 0.538. The molecule has 0 aromatic heterocycles. The van der Waals surface area contributed by atoms with Gasteiger partial charge in [-0.3, -0.25) is 4.79 Å². The van der Waals surface area contributed by atoms with Crippen LogP contribution in [0, 0.1) is 20.8 Å². The minimum Gasteiger partial charge on any atom is -0.348 e. The summed E-state index contributed by atoms with van der Waals surface area (Å²) in [6.45, 7) is 4.88. The molecule has 2 N–H and O–H groups in total. The van der Waals surface area contributed by atoms with Crippen LogP contribution in [0.5, 0.6) is 0 Å². The van der Waals surface area contributed by atoms with E-state index in [9.17, 15) is 31.1 Å². The van der Waals surface area contributed by atoms with Crippen LogP contribution in [-0.4, -0.2) is 23.9 Å². The second-order valence-electron chi connectivity index (χ2n) is 6.49. The maximum absolute atomic E-state index is 13.7. The molecule has 0 aliphatic rings. The molecule has 0 fully saturated rings. The number of carbonyl (C=O) groups is 1. The fourth-order valence-electron chi connectivity index (χ4n) is 2.46. The lowest BCUT2D eigenvalue weighted by molar-refractivity contribution is -0.294. The third-order valence-electron chi connectivity index (χ3n) is 4.30. The fraction of sp³-hybridized carbons (Fsp3) is 0.316. The van der Waals surface area contributed by atoms with Crippen LogP contribution in [0.4, 0.5) is 32.0 Å². The van der Waals surface area contributed by atoms with Crippen molar-refractivity contribution in [3.8, 4) is 0 Å². The maximum atomic E-state index is 13.7. The van der Waals surface area contributed by atoms with Gasteiger partial charge in [0.2, 0.25) is 0 Å². The highest BCUT2D eigenvalue weighted by Crippen LogP contribution is 2.43. The maximum Gasteiger partial charge on any atom is 0.439 e. The van der Waals surface area contributed by atoms with E-state index < -0.39 is 29.6 Å². The molecule has 0 bridgehead atoms. The molecule has 0 radical (unpaired) electrons. The molecule has 0 aliphatic heterocycles. The van der Waals surface area contributed by atoms with Crippen LogP contribution >= 0.6 is 0 Å². The highest BCUT2D eigenvalue weighted by Gasteiger charge is 2.72. The van der Waals surface area contributed by atoms with Crippen LogP contribution in [0.3, 0.4) is 0 Å². The van der Waals surface area contributed by atoms with Crippen LogP contribution < -0.4 is 10.6 Å². The summed E-state index contributed by atoms with van der Waals surface area (Å²) in [6.07, 6.45) is -11.7. The molecule has 2 rings (SSSR count). The summed E-state index contributed by atoms with van der Waals surface area (Å²) in [5.41, 5.74) is -3.54. The zero-order valence-corrected chi connectivity index (χ0v) is 15.2. The van der Waals surface area contributed by atoms with Crippen molar-refractivity contribution in [3.05, 3.63) is 64.7 Å². The van der Waals surface area contributed by atoms with Gasteiger partial charge in [-0.1, -0.05) is 23.8 Å². The second-order valence-corrected chi connectivity index (χ2v) is 6.49. The summed E-state index contributed by atoms with van der Waals surface area (Å²) >= 11 is 0. The van der Waals surface area contributed by atoms with Crippen molar-refractivity contribution < 1.29 is 31.1 Å². The van der Waals surface area contributed by atoms with Gasteiger partial charge in [-0.05, 0) is 56.2 Å². The van der Waals surface area contributed by atoms with Crippen LogP contribution in [0.15, 0.2) is 42.5 Å². The first-order chi connectivity index (χ1) is 12.8. The molecule has 9 heteroatoms. The van der Waals surface area contributed by atoms with E-state index in [1.165, 1.54) is 23.5 Å². The lowest BCUT2D eigenvalue weighted by Gasteiger charge is -2.39. The molecule has 2 aromatic rings. The Balaban J connectivity index is 2.52. The molecule has 2 aromatic carbocycles. The van der Waals surface area contributed by atoms with Crippen molar-refractivity contribution >= 4 is 11.6 Å². The second kappa shape index (κ2) is 7.37. The number of rotatable bonds is 4. The van der Waals surface area contributed by atoms with Gasteiger partial charge >= 0.3 is 18.0 Å². The van der Waals surface area contributed by atoms with Gasteiger partial charge in [-0.2, -0.15) is 26.3 Å². The minimum atomic E-state index is -5.87. The molecule has 0 saturated heterocycles. The van der Waals surface area contributed by atoms with Gasteiger partial charge in [-0.15, -0.1) is 0 Å². The monoisotopic (exact) mass is 404 g/mol. The van der Waals surface area contributed by atoms with E-state index in [-0.39, 0.29) is 5.56 Å². The number of amides is 1. The average molecular weight is 404 g/mol. The first-order valence-electron chi connectivity index (χ1n) is 8.15. The molecule has 3 nitrogen and oxygen atoms in total. The van der Waals surface area contributed by atoms with Gasteiger partial charge in [0.05, 0.1) is 0 Å². The fourth-order valence-corrected chi connectivity index (χ4v) is 2.46. The molecule has 1 amide bonds. The van der Waals surface area contributed by atoms with Gasteiger partial charge in [-0.25, -0.2) is 0 Å². The summed E-state index contributed by atoms with van der Waals surface area (Å²) < 4.78 is 82.1. The predicted octanol–water partition coefficient (Wildman–Crippen LogP) is 5.27. The van der Waals surface area contributed by atoms with Crippen molar-refractivity contribution in [2.75, 3.05) is 5.32 Å². The highest BCUT2D eigenvalue weighted by atomic mass is 19.4. The number of hydrogen-bond donors (Lipinski definition) is 2. The Labute approximate surface area is 157 Å². The predicted molar refractivity (Wildman–Crippen MR) is 93.0 cm³/mol. The molecule has 0 unspecified atom stereocenters. The van der Waals surface area contributed by atoms with E-state index in [1.54, 1.807) is 20.8 Å². The minimum absolute atomic E-state index is 0.328. The van der Waals surface area contributed by atoms with Crippen molar-refractivity contribution in [1.29, 1.82) is 0 Å². The first-order valence-corrected chi connectivity index (χ1v) is 8.15. The summed E-state index contributed by atoms with van der Waals surface area (Å²) in [4.78, 5) is 12.2. The highest BCUT2D eigenvalue weighted by molar-refractivity contribution is 5.95. The number of anilines is 1. The Morgan fingerprint density at radius 3 is 1.79 bits per heavy atom. The Bertz CT molecular complexity index is 842. The largest absolute Gasteiger partial charge is 0.439 e. The molecular formula is C19H18F6N2O. The normalized spacial score (nSPS) is 12.6. The smallest absolute Gasteiger partial charge is 0.348 e. The number of nitrogens with one attached hydrogen (secondary N) is 2. The first kappa shape index (κ1) is 21.6. The number of alkyl halides is 6. The molecule has 0 spiro atoms. The summed E-state index contributed by atoms with van der Waals surface area (Å²) in [5, 5.41) is 2.60. The van der Waals surface area contributed by atoms with E-state index >= 15 is 0 Å². The molecule has 0 atom stereocenters. The SMILES string of the molecule is Cc1ccc(C(=O)NC(Nc2ccc(C)c(C)c2)(C(F)(F)F)C(F)(F)F)cc1. The lowest BCUT2D eigenvalue weighted by atomic mass is 10.0. The van der Waals surface area contributed by atoms with E-state index in [0.717, 1.165) is 29.6 Å². The van der Waals surface area contributed by atoms with Crippen molar-refractivity contribution in [1.82, 2.24) is 5.32 Å². The third kappa shape index (κ3) is 4.23. The summed E-state index contributed by atoms with van der Waals surface area (Å²) in [7, 11) is 0. The average Bonchev–Trinajstić information content (AvgIpc) is 2.56. The van der Waals surface area contributed by atoms with E-state index in [2.05, 4.69) is 0 Å². The standard InChI is InChI=1S/C19H18F6N2O/c1-11-4-7-14(8-5-11)16(28)27-17(18(20,21)22,19(23,24)25)26-15-9-6-12(2)13(3)10-15/h4-10,26H,1-3H3,(H,27,28). The van der Waals surface area contributed by atoms with Crippen molar-refractivity contribution in [2.24, 2.45) is 0 Å². The molecule has 152 valence electrons. The van der Waals surface area contributed by atoms with Crippen LogP contribution in [0.25, 0.3) is 0 Å². The molecule has 0 aliphatic carbocycles. The van der Waals surface area contributed by atoms with E-state index in [4.69, 9.17) is 0 Å². The van der Waals surface area contributed by atoms with Gasteiger partial charge < -0.3 is 10.6 Å². The van der Waals surface area contributed by atoms with Crippen molar-refractivity contribution in [3.63, 3.8) is 0 Å². The van der Waals surface area contributed by atoms with Gasteiger partial charge in [0, 0.05) is 11.3 Å². The van der Waals surface area contributed by atoms with Crippen LogP contribution in [0.2, 0.25) is 0 Å². The third-order valence-corrected chi connectivity index (χ3v) is 4.30. The Morgan fingerprint density at radius 2 is 1.32 bits per heavy atom. The summed E-state index contributed by atoms with van der Waals surface area (Å²) in [6, 6.07) is 8.75. The zero-order valence-electron chi connectivity index (χ0n) is 15.2. The van der Waals surface area contributed by atoms with Gasteiger partial charge in [0.25, 0.3) is 5.91 Å². The molecule has 0 saturated carbocycles. The van der Waals surface area contributed by atoms with Gasteiger partial charge in [0.15, 0.2) is 0 Å². The van der Waals surface area contributed by atoms with Crippen molar-refractivity contribution in [2.45, 2.75) is 38.8 Å². The van der Waals surface area contributed by atoms with Crippen LogP contribution in [-0.2, 0) is 0 Å². The molecular weight excluding hydrogens is 386 g/mol. The number of aryl methyl sites for hydroxylation is 3. The Hall–Kier alpha value is -2.71. The zero-order chi connectivity index (χ0) is 21.3. The number of halogens is 6. The molecule has 0 heterocycles. The van der Waals surface area contributed by atoms with E-state index in [1.807, 2.05) is 0 Å². The summed E-state index contributed by atoms with van der Waals surface area (Å²) in [5.74, 6) is -1.51. The van der Waals surface area contributed by atoms with Crippen LogP contribution in [0.1, 0.15) is 27.0 Å². The Morgan fingerprint density at radius 1 is 0.786 bits per heavy atom. The Kier molecular flexibility index (Phi) is 5.68. The van der Waals surface area contributed by atoms with Gasteiger partial charge in [0.1, 0.15) is 0 Å². The lowest BCUT2D eigenvalue weighted by Crippen LogP contribution is -2.72. The number of benzene rings is 2. The topological polar surface area (TPSA) is 41.1 Å². The number of hydrogen-bond acceptors (Lipinski definition) is 2.